The van der Waals surface area contributed by atoms with Crippen molar-refractivity contribution in [2.24, 2.45) is 0 Å². The maximum absolute atomic E-state index is 11.8. The van der Waals surface area contributed by atoms with Crippen LogP contribution in [0.1, 0.15) is 40.9 Å². The summed E-state index contributed by atoms with van der Waals surface area (Å²) in [5.41, 5.74) is 4.28. The van der Waals surface area contributed by atoms with Crippen LogP contribution in [0.4, 0.5) is 0 Å². The lowest BCUT2D eigenvalue weighted by molar-refractivity contribution is 0.0603. The lowest BCUT2D eigenvalue weighted by atomic mass is 10.0. The third kappa shape index (κ3) is 1.70. The predicted molar refractivity (Wildman–Crippen MR) is 70.9 cm³/mol. The number of aromatic nitrogens is 1. The Kier molecular flexibility index (Phi) is 2.82. The van der Waals surface area contributed by atoms with Crippen LogP contribution in [0.15, 0.2) is 18.2 Å². The second-order valence-corrected chi connectivity index (χ2v) is 4.86. The molecule has 3 nitrogen and oxygen atoms in total. The van der Waals surface area contributed by atoms with Crippen LogP contribution in [-0.2, 0) is 17.6 Å². The standard InChI is InChI=1S/C15H17NO2/c1-18-15(17)12-8-5-7-11-10-6-3-2-4-9-13(10)16-14(11)12/h5,7-8,16H,2-4,6,9H2,1H3. The number of hydrogen-bond donors (Lipinski definition) is 1. The first-order valence-electron chi connectivity index (χ1n) is 6.52. The van der Waals surface area contributed by atoms with Gasteiger partial charge in [0.25, 0.3) is 0 Å². The van der Waals surface area contributed by atoms with Crippen molar-refractivity contribution < 1.29 is 9.53 Å². The van der Waals surface area contributed by atoms with Gasteiger partial charge >= 0.3 is 5.97 Å². The summed E-state index contributed by atoms with van der Waals surface area (Å²) in [5.74, 6) is -0.267. The van der Waals surface area contributed by atoms with E-state index in [0.717, 1.165) is 18.4 Å². The molecule has 1 heterocycles. The van der Waals surface area contributed by atoms with Gasteiger partial charge in [0, 0.05) is 11.1 Å². The summed E-state index contributed by atoms with van der Waals surface area (Å²) in [6.45, 7) is 0. The summed E-state index contributed by atoms with van der Waals surface area (Å²) in [6, 6.07) is 5.86. The monoisotopic (exact) mass is 243 g/mol. The lowest BCUT2D eigenvalue weighted by Crippen LogP contribution is -2.01. The molecule has 0 unspecified atom stereocenters. The fourth-order valence-electron chi connectivity index (χ4n) is 2.89. The van der Waals surface area contributed by atoms with Gasteiger partial charge in [0.2, 0.25) is 0 Å². The van der Waals surface area contributed by atoms with Gasteiger partial charge in [0.15, 0.2) is 0 Å². The number of H-pyrrole nitrogens is 1. The fourth-order valence-corrected chi connectivity index (χ4v) is 2.89. The number of aryl methyl sites for hydroxylation is 2. The zero-order chi connectivity index (χ0) is 12.5. The molecule has 18 heavy (non-hydrogen) atoms. The first-order valence-corrected chi connectivity index (χ1v) is 6.52. The highest BCUT2D eigenvalue weighted by atomic mass is 16.5. The molecule has 1 aliphatic carbocycles. The minimum atomic E-state index is -0.267. The Bertz CT molecular complexity index is 598. The molecule has 1 N–H and O–H groups in total. The molecule has 0 amide bonds. The van der Waals surface area contributed by atoms with Gasteiger partial charge < -0.3 is 9.72 Å². The van der Waals surface area contributed by atoms with E-state index < -0.39 is 0 Å². The maximum Gasteiger partial charge on any atom is 0.339 e. The molecule has 1 aromatic carbocycles. The van der Waals surface area contributed by atoms with Crippen LogP contribution in [0.25, 0.3) is 10.9 Å². The number of carbonyl (C=O) groups excluding carboxylic acids is 1. The van der Waals surface area contributed by atoms with Crippen molar-refractivity contribution in [1.29, 1.82) is 0 Å². The van der Waals surface area contributed by atoms with Gasteiger partial charge in [-0.3, -0.25) is 0 Å². The normalized spacial score (nSPS) is 15.2. The molecule has 3 heteroatoms. The Morgan fingerprint density at radius 2 is 2.06 bits per heavy atom. The minimum Gasteiger partial charge on any atom is -0.465 e. The van der Waals surface area contributed by atoms with Crippen molar-refractivity contribution >= 4 is 16.9 Å². The zero-order valence-corrected chi connectivity index (χ0v) is 10.6. The molecule has 94 valence electrons. The fraction of sp³-hybridized carbons (Fsp3) is 0.400. The Labute approximate surface area is 106 Å². The van der Waals surface area contributed by atoms with Crippen molar-refractivity contribution in [3.05, 3.63) is 35.0 Å². The summed E-state index contributed by atoms with van der Waals surface area (Å²) in [7, 11) is 1.43. The van der Waals surface area contributed by atoms with Gasteiger partial charge in [-0.15, -0.1) is 0 Å². The molecule has 0 fully saturated rings. The van der Waals surface area contributed by atoms with Crippen LogP contribution in [0.3, 0.4) is 0 Å². The van der Waals surface area contributed by atoms with Gasteiger partial charge in [-0.25, -0.2) is 4.79 Å². The van der Waals surface area contributed by atoms with Crippen molar-refractivity contribution in [3.63, 3.8) is 0 Å². The number of ether oxygens (including phenoxy) is 1. The number of esters is 1. The van der Waals surface area contributed by atoms with E-state index in [-0.39, 0.29) is 5.97 Å². The summed E-state index contributed by atoms with van der Waals surface area (Å²) in [6.07, 6.45) is 5.96. The first-order chi connectivity index (χ1) is 8.81. The SMILES string of the molecule is COC(=O)c1cccc2c3c([nH]c12)CCCCC3. The van der Waals surface area contributed by atoms with Gasteiger partial charge in [-0.1, -0.05) is 18.6 Å². The quantitative estimate of drug-likeness (QED) is 0.617. The number of hydrogen-bond acceptors (Lipinski definition) is 2. The number of carbonyl (C=O) groups is 1. The van der Waals surface area contributed by atoms with E-state index in [2.05, 4.69) is 11.1 Å². The Balaban J connectivity index is 2.21. The highest BCUT2D eigenvalue weighted by molar-refractivity contribution is 6.04. The number of nitrogens with one attached hydrogen (secondary N) is 1. The smallest absolute Gasteiger partial charge is 0.339 e. The second kappa shape index (κ2) is 4.48. The topological polar surface area (TPSA) is 42.1 Å². The largest absolute Gasteiger partial charge is 0.465 e. The molecule has 3 rings (SSSR count). The Morgan fingerprint density at radius 3 is 2.89 bits per heavy atom. The van der Waals surface area contributed by atoms with E-state index in [1.807, 2.05) is 12.1 Å². The number of para-hydroxylation sites is 1. The van der Waals surface area contributed by atoms with E-state index >= 15 is 0 Å². The summed E-state index contributed by atoms with van der Waals surface area (Å²) in [4.78, 5) is 15.2. The molecular formula is C15H17NO2. The second-order valence-electron chi connectivity index (χ2n) is 4.86. The van der Waals surface area contributed by atoms with E-state index in [0.29, 0.717) is 5.56 Å². The molecule has 1 aromatic heterocycles. The highest BCUT2D eigenvalue weighted by Crippen LogP contribution is 2.30. The van der Waals surface area contributed by atoms with Crippen LogP contribution >= 0.6 is 0 Å². The number of benzene rings is 1. The molecule has 0 aliphatic heterocycles. The van der Waals surface area contributed by atoms with Gasteiger partial charge in [-0.05, 0) is 37.3 Å². The summed E-state index contributed by atoms with van der Waals surface area (Å²) < 4.78 is 4.84. The van der Waals surface area contributed by atoms with Crippen LogP contribution < -0.4 is 0 Å². The molecular weight excluding hydrogens is 226 g/mol. The van der Waals surface area contributed by atoms with Crippen molar-refractivity contribution in [2.45, 2.75) is 32.1 Å². The third-order valence-electron chi connectivity index (χ3n) is 3.79. The van der Waals surface area contributed by atoms with Crippen molar-refractivity contribution in [1.82, 2.24) is 4.98 Å². The van der Waals surface area contributed by atoms with E-state index in [4.69, 9.17) is 4.74 Å². The number of rotatable bonds is 1. The van der Waals surface area contributed by atoms with Crippen molar-refractivity contribution in [2.75, 3.05) is 7.11 Å². The Morgan fingerprint density at radius 1 is 1.22 bits per heavy atom. The van der Waals surface area contributed by atoms with E-state index in [1.54, 1.807) is 0 Å². The van der Waals surface area contributed by atoms with Crippen LogP contribution in [0, 0.1) is 0 Å². The molecule has 2 aromatic rings. The zero-order valence-electron chi connectivity index (χ0n) is 10.6. The molecule has 0 spiro atoms. The number of fused-ring (bicyclic) bond motifs is 3. The van der Waals surface area contributed by atoms with E-state index in [9.17, 15) is 4.79 Å². The van der Waals surface area contributed by atoms with Gasteiger partial charge in [0.05, 0.1) is 18.2 Å². The summed E-state index contributed by atoms with van der Waals surface area (Å²) >= 11 is 0. The molecule has 0 radical (unpaired) electrons. The van der Waals surface area contributed by atoms with E-state index in [1.165, 1.54) is 43.0 Å². The van der Waals surface area contributed by atoms with Crippen LogP contribution in [0.2, 0.25) is 0 Å². The van der Waals surface area contributed by atoms with Gasteiger partial charge in [-0.2, -0.15) is 0 Å². The first kappa shape index (κ1) is 11.3. The Hall–Kier alpha value is -1.77. The summed E-state index contributed by atoms with van der Waals surface area (Å²) in [5, 5.41) is 1.19. The molecule has 0 saturated carbocycles. The molecule has 0 saturated heterocycles. The molecule has 0 atom stereocenters. The highest BCUT2D eigenvalue weighted by Gasteiger charge is 2.18. The molecule has 0 bridgehead atoms. The molecule has 1 aliphatic rings. The predicted octanol–water partition coefficient (Wildman–Crippen LogP) is 3.22. The number of methoxy groups -OCH3 is 1. The van der Waals surface area contributed by atoms with Gasteiger partial charge in [0.1, 0.15) is 0 Å². The minimum absolute atomic E-state index is 0.267. The van der Waals surface area contributed by atoms with Crippen LogP contribution in [0.5, 0.6) is 0 Å². The van der Waals surface area contributed by atoms with Crippen molar-refractivity contribution in [3.8, 4) is 0 Å². The average Bonchev–Trinajstić information content (AvgIpc) is 2.59. The maximum atomic E-state index is 11.8. The number of aromatic amines is 1. The average molecular weight is 243 g/mol. The third-order valence-corrected chi connectivity index (χ3v) is 3.79. The lowest BCUT2D eigenvalue weighted by Gasteiger charge is -2.01. The van der Waals surface area contributed by atoms with Crippen LogP contribution in [-0.4, -0.2) is 18.1 Å².